The number of ether oxygens (including phenoxy) is 1. The van der Waals surface area contributed by atoms with Crippen molar-refractivity contribution in [1.29, 1.82) is 0 Å². The maximum absolute atomic E-state index is 14.9. The van der Waals surface area contributed by atoms with E-state index in [1.54, 1.807) is 11.0 Å². The maximum atomic E-state index is 14.9. The molecule has 2 aliphatic heterocycles. The summed E-state index contributed by atoms with van der Waals surface area (Å²) in [7, 11) is 0. The van der Waals surface area contributed by atoms with Gasteiger partial charge in [-0.05, 0) is 61.2 Å². The Morgan fingerprint density at radius 3 is 2.71 bits per heavy atom. The quantitative estimate of drug-likeness (QED) is 0.516. The van der Waals surface area contributed by atoms with Crippen LogP contribution in [0.1, 0.15) is 25.8 Å². The Hall–Kier alpha value is -3.17. The Kier molecular flexibility index (Phi) is 7.87. The van der Waals surface area contributed by atoms with Gasteiger partial charge < -0.3 is 30.3 Å². The van der Waals surface area contributed by atoms with E-state index >= 15 is 0 Å². The molecule has 2 aliphatic rings. The van der Waals surface area contributed by atoms with E-state index in [-0.39, 0.29) is 24.4 Å². The fourth-order valence-corrected chi connectivity index (χ4v) is 4.30. The Bertz CT molecular complexity index is 1100. The van der Waals surface area contributed by atoms with Gasteiger partial charge in [0.25, 0.3) is 0 Å². The largest absolute Gasteiger partial charge is 0.394 e. The molecular formula is C26H34FN5O3. The summed E-state index contributed by atoms with van der Waals surface area (Å²) in [6.07, 6.45) is 2.94. The SMILES string of the molecule is CCC1=CCN(C(=O)Nc2cc(-c3cc(N[C@H](C)CO)nc(N4CCOCC4)c3)c(C)cc2F)C1. The van der Waals surface area contributed by atoms with Crippen LogP contribution in [0.4, 0.5) is 26.5 Å². The molecular weight excluding hydrogens is 449 g/mol. The summed E-state index contributed by atoms with van der Waals surface area (Å²) in [6, 6.07) is 6.50. The molecule has 1 aromatic carbocycles. The summed E-state index contributed by atoms with van der Waals surface area (Å²) in [6.45, 7) is 9.53. The molecule has 1 fully saturated rings. The lowest BCUT2D eigenvalue weighted by atomic mass is 9.99. The molecule has 188 valence electrons. The number of hydrogen-bond acceptors (Lipinski definition) is 6. The molecule has 35 heavy (non-hydrogen) atoms. The van der Waals surface area contributed by atoms with Gasteiger partial charge in [0.2, 0.25) is 0 Å². The second kappa shape index (κ2) is 11.0. The van der Waals surface area contributed by atoms with Gasteiger partial charge in [-0.1, -0.05) is 18.6 Å². The molecule has 1 atom stereocenters. The average molecular weight is 484 g/mol. The van der Waals surface area contributed by atoms with Crippen molar-refractivity contribution < 1.29 is 19.0 Å². The van der Waals surface area contributed by atoms with Crippen LogP contribution in [0.3, 0.4) is 0 Å². The molecule has 4 rings (SSSR count). The predicted molar refractivity (Wildman–Crippen MR) is 137 cm³/mol. The lowest BCUT2D eigenvalue weighted by Crippen LogP contribution is -2.37. The van der Waals surface area contributed by atoms with Crippen LogP contribution in [-0.2, 0) is 4.74 Å². The van der Waals surface area contributed by atoms with E-state index < -0.39 is 5.82 Å². The molecule has 1 saturated heterocycles. The van der Waals surface area contributed by atoms with Gasteiger partial charge in [0, 0.05) is 32.2 Å². The fraction of sp³-hybridized carbons (Fsp3) is 0.462. The fourth-order valence-electron chi connectivity index (χ4n) is 4.30. The highest BCUT2D eigenvalue weighted by Gasteiger charge is 2.21. The molecule has 1 aromatic heterocycles. The number of anilines is 3. The molecule has 2 aromatic rings. The van der Waals surface area contributed by atoms with Gasteiger partial charge >= 0.3 is 6.03 Å². The zero-order chi connectivity index (χ0) is 24.9. The number of nitrogens with one attached hydrogen (secondary N) is 2. The molecule has 8 nitrogen and oxygen atoms in total. The number of carbonyl (C=O) groups excluding carboxylic acids is 1. The number of nitrogens with zero attached hydrogens (tertiary/aromatic N) is 3. The smallest absolute Gasteiger partial charge is 0.322 e. The number of hydrogen-bond donors (Lipinski definition) is 3. The van der Waals surface area contributed by atoms with Gasteiger partial charge in [0.15, 0.2) is 0 Å². The molecule has 3 N–H and O–H groups in total. The van der Waals surface area contributed by atoms with Crippen LogP contribution in [0.5, 0.6) is 0 Å². The second-order valence-corrected chi connectivity index (χ2v) is 9.10. The minimum Gasteiger partial charge on any atom is -0.394 e. The first kappa shape index (κ1) is 24.9. The summed E-state index contributed by atoms with van der Waals surface area (Å²) in [5, 5.41) is 15.5. The van der Waals surface area contributed by atoms with Gasteiger partial charge in [-0.2, -0.15) is 0 Å². The van der Waals surface area contributed by atoms with Crippen molar-refractivity contribution in [2.45, 2.75) is 33.2 Å². The monoisotopic (exact) mass is 483 g/mol. The molecule has 2 amide bonds. The van der Waals surface area contributed by atoms with Crippen LogP contribution in [0.2, 0.25) is 0 Å². The maximum Gasteiger partial charge on any atom is 0.322 e. The van der Waals surface area contributed by atoms with E-state index in [0.717, 1.165) is 42.0 Å². The van der Waals surface area contributed by atoms with Gasteiger partial charge in [-0.25, -0.2) is 14.2 Å². The number of halogens is 1. The number of carbonyl (C=O) groups is 1. The third-order valence-electron chi connectivity index (χ3n) is 6.42. The highest BCUT2D eigenvalue weighted by Crippen LogP contribution is 2.33. The second-order valence-electron chi connectivity index (χ2n) is 9.10. The third-order valence-corrected chi connectivity index (χ3v) is 6.42. The number of rotatable bonds is 7. The molecule has 0 saturated carbocycles. The topological polar surface area (TPSA) is 90.0 Å². The third kappa shape index (κ3) is 5.91. The number of aryl methyl sites for hydroxylation is 1. The predicted octanol–water partition coefficient (Wildman–Crippen LogP) is 4.01. The highest BCUT2D eigenvalue weighted by molar-refractivity contribution is 5.91. The standard InChI is InChI=1S/C26H34FN5O3/c1-4-19-5-6-32(15-19)26(34)29-23-14-21(17(2)11-22(23)27)20-12-24(28-18(3)16-33)30-25(13-20)31-7-9-35-10-8-31/h5,11-14,18,33H,4,6-10,15-16H2,1-3H3,(H,28,30)(H,29,34)/t18-/m1/s1. The van der Waals surface area contributed by atoms with Crippen LogP contribution in [-0.4, -0.2) is 73.1 Å². The summed E-state index contributed by atoms with van der Waals surface area (Å²) >= 11 is 0. The number of pyridine rings is 1. The first-order chi connectivity index (χ1) is 16.9. The molecule has 0 radical (unpaired) electrons. The highest BCUT2D eigenvalue weighted by atomic mass is 19.1. The van der Waals surface area contributed by atoms with Crippen molar-refractivity contribution in [1.82, 2.24) is 9.88 Å². The van der Waals surface area contributed by atoms with Gasteiger partial charge in [-0.15, -0.1) is 0 Å². The van der Waals surface area contributed by atoms with Crippen LogP contribution in [0.25, 0.3) is 11.1 Å². The summed E-state index contributed by atoms with van der Waals surface area (Å²) < 4.78 is 20.4. The average Bonchev–Trinajstić information content (AvgIpc) is 3.35. The zero-order valence-electron chi connectivity index (χ0n) is 20.6. The van der Waals surface area contributed by atoms with Crippen molar-refractivity contribution >= 4 is 23.4 Å². The van der Waals surface area contributed by atoms with Crippen LogP contribution >= 0.6 is 0 Å². The number of amides is 2. The van der Waals surface area contributed by atoms with E-state index in [1.165, 1.54) is 11.6 Å². The van der Waals surface area contributed by atoms with Crippen LogP contribution in [0.15, 0.2) is 35.9 Å². The lowest BCUT2D eigenvalue weighted by Gasteiger charge is -2.29. The number of urea groups is 1. The minimum absolute atomic E-state index is 0.0321. The van der Waals surface area contributed by atoms with Crippen LogP contribution < -0.4 is 15.5 Å². The first-order valence-corrected chi connectivity index (χ1v) is 12.1. The Balaban J connectivity index is 1.66. The number of benzene rings is 1. The van der Waals surface area contributed by atoms with Crippen molar-refractivity contribution in [2.75, 3.05) is 61.5 Å². The number of aromatic nitrogens is 1. The van der Waals surface area contributed by atoms with E-state index in [2.05, 4.69) is 22.5 Å². The van der Waals surface area contributed by atoms with Gasteiger partial charge in [-0.3, -0.25) is 0 Å². The minimum atomic E-state index is -0.475. The summed E-state index contributed by atoms with van der Waals surface area (Å²) in [4.78, 5) is 21.3. The van der Waals surface area contributed by atoms with E-state index in [4.69, 9.17) is 9.72 Å². The molecule has 0 unspecified atom stereocenters. The Morgan fingerprint density at radius 2 is 2.03 bits per heavy atom. The number of aliphatic hydroxyl groups excluding tert-OH is 1. The molecule has 0 bridgehead atoms. The van der Waals surface area contributed by atoms with Crippen molar-refractivity contribution in [3.63, 3.8) is 0 Å². The molecule has 9 heteroatoms. The lowest BCUT2D eigenvalue weighted by molar-refractivity contribution is 0.122. The van der Waals surface area contributed by atoms with Crippen molar-refractivity contribution in [3.8, 4) is 11.1 Å². The van der Waals surface area contributed by atoms with E-state index in [9.17, 15) is 14.3 Å². The number of aliphatic hydroxyl groups is 1. The van der Waals surface area contributed by atoms with Gasteiger partial charge in [0.1, 0.15) is 17.5 Å². The Labute approximate surface area is 205 Å². The van der Waals surface area contributed by atoms with E-state index in [0.29, 0.717) is 32.1 Å². The molecule has 0 spiro atoms. The van der Waals surface area contributed by atoms with Gasteiger partial charge in [0.05, 0.1) is 25.5 Å². The number of morpholine rings is 1. The van der Waals surface area contributed by atoms with Crippen molar-refractivity contribution in [3.05, 3.63) is 47.3 Å². The molecule has 3 heterocycles. The van der Waals surface area contributed by atoms with Crippen LogP contribution in [0, 0.1) is 12.7 Å². The summed E-state index contributed by atoms with van der Waals surface area (Å²) in [5.41, 5.74) is 3.74. The first-order valence-electron chi connectivity index (χ1n) is 12.1. The Morgan fingerprint density at radius 1 is 1.26 bits per heavy atom. The van der Waals surface area contributed by atoms with Crippen molar-refractivity contribution in [2.24, 2.45) is 0 Å². The van der Waals surface area contributed by atoms with E-state index in [1.807, 2.05) is 32.1 Å². The summed E-state index contributed by atoms with van der Waals surface area (Å²) in [5.74, 6) is 0.926. The molecule has 0 aliphatic carbocycles. The zero-order valence-corrected chi connectivity index (χ0v) is 20.6. The normalized spacial score (nSPS) is 16.8.